The Kier molecular flexibility index (Phi) is 4.89. The van der Waals surface area contributed by atoms with Crippen molar-refractivity contribution in [3.8, 4) is 5.88 Å². The van der Waals surface area contributed by atoms with E-state index in [0.29, 0.717) is 31.3 Å². The highest BCUT2D eigenvalue weighted by molar-refractivity contribution is 5.97. The molecule has 0 spiro atoms. The highest BCUT2D eigenvalue weighted by Crippen LogP contribution is 2.15. The molecule has 1 aromatic rings. The Hall–Kier alpha value is -2.15. The number of amides is 2. The van der Waals surface area contributed by atoms with Gasteiger partial charge in [0.1, 0.15) is 6.61 Å². The van der Waals surface area contributed by atoms with E-state index >= 15 is 0 Å². The summed E-state index contributed by atoms with van der Waals surface area (Å²) >= 11 is 0. The molecule has 7 nitrogen and oxygen atoms in total. The number of anilines is 1. The number of ether oxygens (including phenoxy) is 2. The van der Waals surface area contributed by atoms with Crippen molar-refractivity contribution in [1.29, 1.82) is 0 Å². The van der Waals surface area contributed by atoms with Crippen LogP contribution in [-0.4, -0.2) is 43.7 Å². The molecule has 20 heavy (non-hydrogen) atoms. The van der Waals surface area contributed by atoms with E-state index in [1.54, 1.807) is 19.2 Å². The Bertz CT molecular complexity index is 475. The summed E-state index contributed by atoms with van der Waals surface area (Å²) < 4.78 is 10.2. The zero-order chi connectivity index (χ0) is 14.4. The topological polar surface area (TPSA) is 89.5 Å². The molecule has 1 saturated heterocycles. The van der Waals surface area contributed by atoms with Crippen molar-refractivity contribution in [2.24, 2.45) is 5.92 Å². The summed E-state index contributed by atoms with van der Waals surface area (Å²) in [5.41, 5.74) is 0.577. The molecule has 1 aromatic heterocycles. The molecule has 0 bridgehead atoms. The van der Waals surface area contributed by atoms with Gasteiger partial charge in [-0.25, -0.2) is 4.98 Å². The highest BCUT2D eigenvalue weighted by atomic mass is 16.5. The predicted octanol–water partition coefficient (Wildman–Crippen LogP) is 0.181. The van der Waals surface area contributed by atoms with Crippen LogP contribution in [0.3, 0.4) is 0 Å². The molecule has 1 aliphatic heterocycles. The molecule has 2 amide bonds. The highest BCUT2D eigenvalue weighted by Gasteiger charge is 2.27. The second kappa shape index (κ2) is 6.85. The van der Waals surface area contributed by atoms with E-state index in [0.717, 1.165) is 0 Å². The zero-order valence-corrected chi connectivity index (χ0v) is 11.2. The van der Waals surface area contributed by atoms with Crippen LogP contribution in [0, 0.1) is 5.92 Å². The number of carbonyl (C=O) groups excluding carboxylic acids is 2. The lowest BCUT2D eigenvalue weighted by atomic mass is 10.1. The molecule has 1 unspecified atom stereocenters. The van der Waals surface area contributed by atoms with Gasteiger partial charge in [0.25, 0.3) is 0 Å². The molecular formula is C13H17N3O4. The molecule has 0 aromatic carbocycles. The standard InChI is InChI=1S/C13H17N3O4/c1-19-4-5-20-12-3-2-10(8-15-12)16-13(18)9-6-11(17)14-7-9/h2-3,8-9H,4-7H2,1H3,(H,14,17)(H,16,18). The first kappa shape index (κ1) is 14.3. The van der Waals surface area contributed by atoms with Crippen molar-refractivity contribution in [3.05, 3.63) is 18.3 Å². The second-order valence-corrected chi connectivity index (χ2v) is 4.42. The third kappa shape index (κ3) is 3.92. The van der Waals surface area contributed by atoms with E-state index in [2.05, 4.69) is 15.6 Å². The van der Waals surface area contributed by atoms with Crippen LogP contribution in [0.2, 0.25) is 0 Å². The van der Waals surface area contributed by atoms with Gasteiger partial charge in [0.2, 0.25) is 17.7 Å². The number of pyridine rings is 1. The van der Waals surface area contributed by atoms with Gasteiger partial charge in [-0.1, -0.05) is 0 Å². The number of nitrogens with zero attached hydrogens (tertiary/aromatic N) is 1. The maximum absolute atomic E-state index is 11.9. The lowest BCUT2D eigenvalue weighted by molar-refractivity contribution is -0.123. The monoisotopic (exact) mass is 279 g/mol. The van der Waals surface area contributed by atoms with Gasteiger partial charge in [-0.15, -0.1) is 0 Å². The first-order valence-electron chi connectivity index (χ1n) is 6.34. The molecule has 7 heteroatoms. The largest absolute Gasteiger partial charge is 0.475 e. The van der Waals surface area contributed by atoms with Gasteiger partial charge in [-0.05, 0) is 6.07 Å². The van der Waals surface area contributed by atoms with Crippen LogP contribution in [0.5, 0.6) is 5.88 Å². The summed E-state index contributed by atoms with van der Waals surface area (Å²) in [5.74, 6) is -0.124. The summed E-state index contributed by atoms with van der Waals surface area (Å²) in [6.45, 7) is 1.30. The number of hydrogen-bond acceptors (Lipinski definition) is 5. The third-order valence-corrected chi connectivity index (χ3v) is 2.89. The fourth-order valence-corrected chi connectivity index (χ4v) is 1.80. The molecule has 2 N–H and O–H groups in total. The average Bonchev–Trinajstić information content (AvgIpc) is 2.88. The van der Waals surface area contributed by atoms with Gasteiger partial charge in [0.15, 0.2) is 0 Å². The van der Waals surface area contributed by atoms with E-state index in [-0.39, 0.29) is 24.2 Å². The first-order chi connectivity index (χ1) is 9.69. The van der Waals surface area contributed by atoms with Crippen LogP contribution in [0.4, 0.5) is 5.69 Å². The average molecular weight is 279 g/mol. The molecule has 0 saturated carbocycles. The number of methoxy groups -OCH3 is 1. The van der Waals surface area contributed by atoms with Crippen LogP contribution < -0.4 is 15.4 Å². The van der Waals surface area contributed by atoms with Crippen LogP contribution in [0.15, 0.2) is 18.3 Å². The molecular weight excluding hydrogens is 262 g/mol. The van der Waals surface area contributed by atoms with Crippen molar-refractivity contribution < 1.29 is 19.1 Å². The van der Waals surface area contributed by atoms with E-state index in [4.69, 9.17) is 9.47 Å². The Balaban J connectivity index is 1.84. The van der Waals surface area contributed by atoms with E-state index in [9.17, 15) is 9.59 Å². The maximum atomic E-state index is 11.9. The number of rotatable bonds is 6. The number of nitrogens with one attached hydrogen (secondary N) is 2. The molecule has 0 radical (unpaired) electrons. The van der Waals surface area contributed by atoms with Crippen molar-refractivity contribution in [2.75, 3.05) is 32.2 Å². The Morgan fingerprint density at radius 2 is 2.35 bits per heavy atom. The van der Waals surface area contributed by atoms with Crippen LogP contribution in [0.1, 0.15) is 6.42 Å². The Labute approximate surface area is 116 Å². The van der Waals surface area contributed by atoms with Gasteiger partial charge >= 0.3 is 0 Å². The molecule has 1 fully saturated rings. The molecule has 108 valence electrons. The SMILES string of the molecule is COCCOc1ccc(NC(=O)C2CNC(=O)C2)cn1. The molecule has 1 atom stereocenters. The quantitative estimate of drug-likeness (QED) is 0.725. The normalized spacial score (nSPS) is 17.6. The van der Waals surface area contributed by atoms with Crippen LogP contribution in [-0.2, 0) is 14.3 Å². The minimum atomic E-state index is -0.319. The lowest BCUT2D eigenvalue weighted by Gasteiger charge is -2.09. The van der Waals surface area contributed by atoms with Gasteiger partial charge < -0.3 is 20.1 Å². The van der Waals surface area contributed by atoms with E-state index in [1.165, 1.54) is 6.20 Å². The number of aromatic nitrogens is 1. The summed E-state index contributed by atoms with van der Waals surface area (Å²) in [6.07, 6.45) is 1.75. The number of hydrogen-bond donors (Lipinski definition) is 2. The predicted molar refractivity (Wildman–Crippen MR) is 71.4 cm³/mol. The Morgan fingerprint density at radius 1 is 1.50 bits per heavy atom. The summed E-state index contributed by atoms with van der Waals surface area (Å²) in [4.78, 5) is 27.0. The minimum Gasteiger partial charge on any atom is -0.475 e. The van der Waals surface area contributed by atoms with Gasteiger partial charge in [-0.3, -0.25) is 9.59 Å². The first-order valence-corrected chi connectivity index (χ1v) is 6.34. The molecule has 2 rings (SSSR count). The zero-order valence-electron chi connectivity index (χ0n) is 11.2. The summed E-state index contributed by atoms with van der Waals surface area (Å²) in [7, 11) is 1.60. The van der Waals surface area contributed by atoms with Crippen molar-refractivity contribution >= 4 is 17.5 Å². The molecule has 2 heterocycles. The lowest BCUT2D eigenvalue weighted by Crippen LogP contribution is -2.24. The fraction of sp³-hybridized carbons (Fsp3) is 0.462. The summed E-state index contributed by atoms with van der Waals surface area (Å²) in [5, 5.41) is 5.35. The van der Waals surface area contributed by atoms with E-state index < -0.39 is 0 Å². The van der Waals surface area contributed by atoms with Crippen molar-refractivity contribution in [1.82, 2.24) is 10.3 Å². The second-order valence-electron chi connectivity index (χ2n) is 4.42. The third-order valence-electron chi connectivity index (χ3n) is 2.89. The molecule has 0 aliphatic carbocycles. The maximum Gasteiger partial charge on any atom is 0.229 e. The summed E-state index contributed by atoms with van der Waals surface area (Å²) in [6, 6.07) is 3.38. The minimum absolute atomic E-state index is 0.0924. The van der Waals surface area contributed by atoms with Crippen LogP contribution >= 0.6 is 0 Å². The molecule has 1 aliphatic rings. The van der Waals surface area contributed by atoms with E-state index in [1.807, 2.05) is 0 Å². The Morgan fingerprint density at radius 3 is 2.95 bits per heavy atom. The number of carbonyl (C=O) groups is 2. The van der Waals surface area contributed by atoms with Gasteiger partial charge in [-0.2, -0.15) is 0 Å². The van der Waals surface area contributed by atoms with Gasteiger partial charge in [0.05, 0.1) is 24.4 Å². The van der Waals surface area contributed by atoms with Crippen molar-refractivity contribution in [3.63, 3.8) is 0 Å². The smallest absolute Gasteiger partial charge is 0.229 e. The van der Waals surface area contributed by atoms with Crippen molar-refractivity contribution in [2.45, 2.75) is 6.42 Å². The van der Waals surface area contributed by atoms with Gasteiger partial charge in [0, 0.05) is 26.1 Å². The van der Waals surface area contributed by atoms with Crippen LogP contribution in [0.25, 0.3) is 0 Å². The fourth-order valence-electron chi connectivity index (χ4n) is 1.80.